The van der Waals surface area contributed by atoms with Gasteiger partial charge < -0.3 is 9.84 Å². The molecule has 38 heavy (non-hydrogen) atoms. The van der Waals surface area contributed by atoms with Crippen molar-refractivity contribution in [2.75, 3.05) is 6.61 Å². The van der Waals surface area contributed by atoms with Crippen LogP contribution in [0, 0.1) is 57.2 Å². The lowest BCUT2D eigenvalue weighted by molar-refractivity contribution is -0.215. The summed E-state index contributed by atoms with van der Waals surface area (Å²) in [4.78, 5) is 25.9. The Morgan fingerprint density at radius 2 is 1.58 bits per heavy atom. The standard InChI is InChI=1S/C34H52O4/c1-8-38-29(37)12-11-28(36)34-19-13-22(21(2)3)30(34)23-9-10-26-32(6,24(23)14-20-34)17-15-25-31(4,5)27(35)16-18-33(25,26)7/h11-12,22-27,30,35H,2,8-10,13-20H2,1,3-7H3/b12-11+/t22-,23?,24?,25?,26?,27+,30?,32-,33-,34+/m0/s1. The zero-order chi connectivity index (χ0) is 27.7. The van der Waals surface area contributed by atoms with E-state index in [0.29, 0.717) is 42.1 Å². The first-order valence-corrected chi connectivity index (χ1v) is 15.6. The molecule has 0 saturated heterocycles. The number of hydrogen-bond donors (Lipinski definition) is 1. The van der Waals surface area contributed by atoms with E-state index in [9.17, 15) is 14.7 Å². The molecular formula is C34H52O4. The van der Waals surface area contributed by atoms with Gasteiger partial charge in [0.1, 0.15) is 0 Å². The number of aliphatic hydroxyl groups is 1. The molecule has 5 rings (SSSR count). The van der Waals surface area contributed by atoms with E-state index < -0.39 is 5.97 Å². The van der Waals surface area contributed by atoms with Crippen molar-refractivity contribution in [2.24, 2.45) is 57.2 Å². The predicted molar refractivity (Wildman–Crippen MR) is 151 cm³/mol. The Morgan fingerprint density at radius 1 is 0.895 bits per heavy atom. The van der Waals surface area contributed by atoms with E-state index in [1.807, 2.05) is 0 Å². The topological polar surface area (TPSA) is 63.6 Å². The van der Waals surface area contributed by atoms with E-state index in [4.69, 9.17) is 4.74 Å². The summed E-state index contributed by atoms with van der Waals surface area (Å²) in [6, 6.07) is 0. The Balaban J connectivity index is 1.47. The zero-order valence-corrected chi connectivity index (χ0v) is 24.9. The minimum atomic E-state index is -0.421. The highest BCUT2D eigenvalue weighted by molar-refractivity contribution is 5.99. The van der Waals surface area contributed by atoms with Gasteiger partial charge in [-0.3, -0.25) is 4.79 Å². The summed E-state index contributed by atoms with van der Waals surface area (Å²) in [5.41, 5.74) is 1.39. The summed E-state index contributed by atoms with van der Waals surface area (Å²) in [5.74, 6) is 2.85. The second-order valence-corrected chi connectivity index (χ2v) is 15.0. The molecule has 0 bridgehead atoms. The molecule has 5 unspecified atom stereocenters. The van der Waals surface area contributed by atoms with Gasteiger partial charge in [0.15, 0.2) is 5.78 Å². The first-order valence-electron chi connectivity index (χ1n) is 15.6. The quantitative estimate of drug-likeness (QED) is 0.233. The van der Waals surface area contributed by atoms with Crippen LogP contribution in [0.4, 0.5) is 0 Å². The Bertz CT molecular complexity index is 1010. The monoisotopic (exact) mass is 524 g/mol. The van der Waals surface area contributed by atoms with Gasteiger partial charge in [0.2, 0.25) is 0 Å². The van der Waals surface area contributed by atoms with Crippen LogP contribution in [0.3, 0.4) is 0 Å². The number of hydrogen-bond acceptors (Lipinski definition) is 4. The van der Waals surface area contributed by atoms with E-state index >= 15 is 0 Å². The van der Waals surface area contributed by atoms with E-state index in [0.717, 1.165) is 38.5 Å². The molecule has 0 aromatic heterocycles. The number of carbonyl (C=O) groups is 2. The summed E-state index contributed by atoms with van der Waals surface area (Å²) < 4.78 is 5.07. The molecule has 5 fully saturated rings. The summed E-state index contributed by atoms with van der Waals surface area (Å²) in [6.45, 7) is 18.5. The lowest BCUT2D eigenvalue weighted by atomic mass is 9.36. The molecule has 0 aliphatic heterocycles. The van der Waals surface area contributed by atoms with Gasteiger partial charge in [-0.2, -0.15) is 0 Å². The highest BCUT2D eigenvalue weighted by atomic mass is 16.5. The maximum absolute atomic E-state index is 13.9. The van der Waals surface area contributed by atoms with Crippen LogP contribution in [0.15, 0.2) is 24.3 Å². The number of ether oxygens (including phenoxy) is 1. The molecule has 4 heteroatoms. The summed E-state index contributed by atoms with van der Waals surface area (Å²) in [5, 5.41) is 10.9. The minimum absolute atomic E-state index is 0.0267. The van der Waals surface area contributed by atoms with Gasteiger partial charge in [0.05, 0.1) is 12.7 Å². The minimum Gasteiger partial charge on any atom is -0.463 e. The number of esters is 1. The van der Waals surface area contributed by atoms with Crippen molar-refractivity contribution in [1.82, 2.24) is 0 Å². The molecule has 0 spiro atoms. The van der Waals surface area contributed by atoms with Crippen molar-refractivity contribution in [2.45, 2.75) is 112 Å². The number of rotatable bonds is 5. The summed E-state index contributed by atoms with van der Waals surface area (Å²) in [6.07, 6.45) is 13.6. The first-order chi connectivity index (χ1) is 17.8. The molecule has 0 aromatic rings. The normalized spacial score (nSPS) is 47.4. The number of carbonyl (C=O) groups excluding carboxylic acids is 2. The molecule has 0 radical (unpaired) electrons. The third-order valence-electron chi connectivity index (χ3n) is 13.3. The van der Waals surface area contributed by atoms with E-state index in [1.54, 1.807) is 13.0 Å². The molecule has 4 nitrogen and oxygen atoms in total. The van der Waals surface area contributed by atoms with Gasteiger partial charge in [0, 0.05) is 11.5 Å². The molecule has 1 N–H and O–H groups in total. The van der Waals surface area contributed by atoms with E-state index in [2.05, 4.69) is 41.2 Å². The fraction of sp³-hybridized carbons (Fsp3) is 0.824. The van der Waals surface area contributed by atoms with Crippen molar-refractivity contribution in [1.29, 1.82) is 0 Å². The average Bonchev–Trinajstić information content (AvgIpc) is 3.27. The van der Waals surface area contributed by atoms with Crippen LogP contribution >= 0.6 is 0 Å². The largest absolute Gasteiger partial charge is 0.463 e. The van der Waals surface area contributed by atoms with Crippen molar-refractivity contribution in [3.05, 3.63) is 24.3 Å². The number of allylic oxidation sites excluding steroid dienone is 2. The molecule has 0 amide bonds. The Labute approximate surface area is 231 Å². The van der Waals surface area contributed by atoms with Crippen LogP contribution in [-0.4, -0.2) is 29.6 Å². The van der Waals surface area contributed by atoms with Gasteiger partial charge in [-0.05, 0) is 136 Å². The lowest BCUT2D eigenvalue weighted by Crippen LogP contribution is -2.63. The Kier molecular flexibility index (Phi) is 7.10. The summed E-state index contributed by atoms with van der Waals surface area (Å²) >= 11 is 0. The van der Waals surface area contributed by atoms with Gasteiger partial charge >= 0.3 is 5.97 Å². The van der Waals surface area contributed by atoms with Crippen LogP contribution in [-0.2, 0) is 14.3 Å². The van der Waals surface area contributed by atoms with E-state index in [1.165, 1.54) is 37.3 Å². The molecular weight excluding hydrogens is 472 g/mol. The SMILES string of the molecule is C=C(C)[C@@H]1CC[C@]2(C(=O)/C=C/C(=O)OCC)CCC3C(CCC4[C@@]3(C)CCC3C(C)(C)[C@H](O)CC[C@@]34C)C12. The number of fused-ring (bicyclic) bond motifs is 7. The van der Waals surface area contributed by atoms with Crippen molar-refractivity contribution >= 4 is 11.8 Å². The van der Waals surface area contributed by atoms with Gasteiger partial charge in [-0.25, -0.2) is 4.79 Å². The fourth-order valence-corrected chi connectivity index (χ4v) is 11.7. The fourth-order valence-electron chi connectivity index (χ4n) is 11.7. The van der Waals surface area contributed by atoms with Crippen molar-refractivity contribution in [3.63, 3.8) is 0 Å². The van der Waals surface area contributed by atoms with Gasteiger partial charge in [0.25, 0.3) is 0 Å². The van der Waals surface area contributed by atoms with Gasteiger partial charge in [-0.15, -0.1) is 0 Å². The van der Waals surface area contributed by atoms with Crippen LogP contribution in [0.5, 0.6) is 0 Å². The molecule has 5 saturated carbocycles. The third kappa shape index (κ3) is 3.93. The smallest absolute Gasteiger partial charge is 0.330 e. The zero-order valence-electron chi connectivity index (χ0n) is 24.9. The maximum atomic E-state index is 13.9. The molecule has 212 valence electrons. The van der Waals surface area contributed by atoms with E-state index in [-0.39, 0.29) is 33.5 Å². The highest BCUT2D eigenvalue weighted by Gasteiger charge is 2.67. The second-order valence-electron chi connectivity index (χ2n) is 15.0. The van der Waals surface area contributed by atoms with Crippen molar-refractivity contribution < 1.29 is 19.4 Å². The average molecular weight is 525 g/mol. The highest BCUT2D eigenvalue weighted by Crippen LogP contribution is 2.73. The van der Waals surface area contributed by atoms with Crippen molar-refractivity contribution in [3.8, 4) is 0 Å². The third-order valence-corrected chi connectivity index (χ3v) is 13.3. The molecule has 5 aliphatic carbocycles. The van der Waals surface area contributed by atoms with Crippen LogP contribution in [0.25, 0.3) is 0 Å². The molecule has 0 aromatic carbocycles. The number of ketones is 1. The van der Waals surface area contributed by atoms with Crippen LogP contribution < -0.4 is 0 Å². The van der Waals surface area contributed by atoms with Gasteiger partial charge in [-0.1, -0.05) is 39.8 Å². The molecule has 5 aliphatic rings. The molecule has 0 heterocycles. The predicted octanol–water partition coefficient (Wildman–Crippen LogP) is 7.30. The maximum Gasteiger partial charge on any atom is 0.330 e. The number of aliphatic hydroxyl groups excluding tert-OH is 1. The second kappa shape index (κ2) is 9.60. The first kappa shape index (κ1) is 28.1. The lowest BCUT2D eigenvalue weighted by Gasteiger charge is -2.69. The molecule has 10 atom stereocenters. The summed E-state index contributed by atoms with van der Waals surface area (Å²) in [7, 11) is 0. The van der Waals surface area contributed by atoms with Crippen LogP contribution in [0.2, 0.25) is 0 Å². The van der Waals surface area contributed by atoms with Crippen LogP contribution in [0.1, 0.15) is 106 Å². The Hall–Kier alpha value is -1.42. The Morgan fingerprint density at radius 3 is 2.26 bits per heavy atom.